The van der Waals surface area contributed by atoms with E-state index in [4.69, 9.17) is 4.74 Å². The van der Waals surface area contributed by atoms with E-state index in [2.05, 4.69) is 34.1 Å². The van der Waals surface area contributed by atoms with Crippen molar-refractivity contribution >= 4 is 27.3 Å². The van der Waals surface area contributed by atoms with Gasteiger partial charge in [-0.25, -0.2) is 0 Å². The summed E-state index contributed by atoms with van der Waals surface area (Å²) in [7, 11) is 1.68. The van der Waals surface area contributed by atoms with Crippen LogP contribution >= 0.6 is 27.3 Å². The molecule has 1 aromatic carbocycles. The second-order valence-electron chi connectivity index (χ2n) is 4.47. The SMILES string of the molecule is COc1ccccc1CC(CO)Cc1ccc(Br)s1. The third-order valence-corrected chi connectivity index (χ3v) is 4.72. The zero-order valence-electron chi connectivity index (χ0n) is 10.8. The van der Waals surface area contributed by atoms with Crippen LogP contribution in [-0.2, 0) is 12.8 Å². The highest BCUT2D eigenvalue weighted by Crippen LogP contribution is 2.27. The Bertz CT molecular complexity index is 524. The minimum atomic E-state index is 0.188. The van der Waals surface area contributed by atoms with E-state index in [-0.39, 0.29) is 12.5 Å². The van der Waals surface area contributed by atoms with E-state index in [1.54, 1.807) is 18.4 Å². The maximum Gasteiger partial charge on any atom is 0.122 e. The number of rotatable bonds is 6. The summed E-state index contributed by atoms with van der Waals surface area (Å²) in [5.41, 5.74) is 1.15. The van der Waals surface area contributed by atoms with Crippen molar-refractivity contribution in [2.75, 3.05) is 13.7 Å². The Morgan fingerprint density at radius 2 is 2.00 bits per heavy atom. The number of ether oxygens (including phenoxy) is 1. The lowest BCUT2D eigenvalue weighted by molar-refractivity contribution is 0.224. The number of para-hydroxylation sites is 1. The minimum absolute atomic E-state index is 0.188. The Hall–Kier alpha value is -0.840. The van der Waals surface area contributed by atoms with Crippen LogP contribution < -0.4 is 4.74 Å². The van der Waals surface area contributed by atoms with Crippen LogP contribution in [0.2, 0.25) is 0 Å². The third kappa shape index (κ3) is 4.06. The van der Waals surface area contributed by atoms with Crippen molar-refractivity contribution in [3.05, 3.63) is 50.6 Å². The second-order valence-corrected chi connectivity index (χ2v) is 7.02. The summed E-state index contributed by atoms with van der Waals surface area (Å²) in [6, 6.07) is 12.2. The summed E-state index contributed by atoms with van der Waals surface area (Å²) in [5, 5.41) is 9.57. The van der Waals surface area contributed by atoms with Crippen molar-refractivity contribution in [2.45, 2.75) is 12.8 Å². The molecule has 102 valence electrons. The van der Waals surface area contributed by atoms with Gasteiger partial charge in [-0.05, 0) is 58.5 Å². The first kappa shape index (κ1) is 14.6. The predicted molar refractivity (Wildman–Crippen MR) is 83.0 cm³/mol. The first-order chi connectivity index (χ1) is 9.22. The largest absolute Gasteiger partial charge is 0.496 e. The van der Waals surface area contributed by atoms with E-state index in [1.807, 2.05) is 18.2 Å². The Morgan fingerprint density at radius 1 is 1.21 bits per heavy atom. The van der Waals surface area contributed by atoms with Crippen LogP contribution in [0.3, 0.4) is 0 Å². The maximum absolute atomic E-state index is 9.57. The van der Waals surface area contributed by atoms with Gasteiger partial charge >= 0.3 is 0 Å². The molecule has 0 saturated heterocycles. The van der Waals surface area contributed by atoms with Crippen molar-refractivity contribution in [3.8, 4) is 5.75 Å². The summed E-state index contributed by atoms with van der Waals surface area (Å²) in [5.74, 6) is 1.12. The molecule has 19 heavy (non-hydrogen) atoms. The number of aliphatic hydroxyl groups is 1. The monoisotopic (exact) mass is 340 g/mol. The van der Waals surface area contributed by atoms with Crippen molar-refractivity contribution < 1.29 is 9.84 Å². The Kier molecular flexibility index (Phi) is 5.43. The lowest BCUT2D eigenvalue weighted by atomic mass is 9.96. The number of methoxy groups -OCH3 is 1. The molecule has 2 aromatic rings. The van der Waals surface area contributed by atoms with Crippen LogP contribution in [0.5, 0.6) is 5.75 Å². The number of benzene rings is 1. The number of aliphatic hydroxyl groups excluding tert-OH is 1. The first-order valence-electron chi connectivity index (χ1n) is 6.20. The molecule has 0 fully saturated rings. The lowest BCUT2D eigenvalue weighted by Crippen LogP contribution is -2.12. The van der Waals surface area contributed by atoms with Gasteiger partial charge in [0.1, 0.15) is 5.75 Å². The van der Waals surface area contributed by atoms with Crippen LogP contribution in [0, 0.1) is 5.92 Å². The van der Waals surface area contributed by atoms with E-state index < -0.39 is 0 Å². The summed E-state index contributed by atoms with van der Waals surface area (Å²) >= 11 is 5.20. The molecule has 1 N–H and O–H groups in total. The summed E-state index contributed by atoms with van der Waals surface area (Å²) in [4.78, 5) is 1.29. The molecule has 0 amide bonds. The predicted octanol–water partition coefficient (Wildman–Crippen LogP) is 3.91. The van der Waals surface area contributed by atoms with Gasteiger partial charge in [-0.2, -0.15) is 0 Å². The van der Waals surface area contributed by atoms with Gasteiger partial charge in [0.15, 0.2) is 0 Å². The fourth-order valence-corrected chi connectivity index (χ4v) is 3.73. The van der Waals surface area contributed by atoms with Crippen molar-refractivity contribution in [1.29, 1.82) is 0 Å². The highest BCUT2D eigenvalue weighted by Gasteiger charge is 2.13. The molecular formula is C15H17BrO2S. The van der Waals surface area contributed by atoms with Gasteiger partial charge in [-0.1, -0.05) is 18.2 Å². The van der Waals surface area contributed by atoms with E-state index in [0.717, 1.165) is 27.9 Å². The minimum Gasteiger partial charge on any atom is -0.496 e. The molecule has 0 aliphatic carbocycles. The molecule has 0 aliphatic rings. The molecular weight excluding hydrogens is 324 g/mol. The number of hydrogen-bond donors (Lipinski definition) is 1. The highest BCUT2D eigenvalue weighted by atomic mass is 79.9. The average Bonchev–Trinajstić information content (AvgIpc) is 2.84. The van der Waals surface area contributed by atoms with Crippen LogP contribution in [-0.4, -0.2) is 18.8 Å². The first-order valence-corrected chi connectivity index (χ1v) is 7.81. The van der Waals surface area contributed by atoms with Gasteiger partial charge in [0.25, 0.3) is 0 Å². The number of hydrogen-bond acceptors (Lipinski definition) is 3. The Balaban J connectivity index is 2.06. The Morgan fingerprint density at radius 3 is 2.63 bits per heavy atom. The van der Waals surface area contributed by atoms with Gasteiger partial charge in [0.05, 0.1) is 10.9 Å². The van der Waals surface area contributed by atoms with Crippen LogP contribution in [0.4, 0.5) is 0 Å². The summed E-state index contributed by atoms with van der Waals surface area (Å²) < 4.78 is 6.49. The zero-order valence-corrected chi connectivity index (χ0v) is 13.2. The molecule has 2 rings (SSSR count). The fraction of sp³-hybridized carbons (Fsp3) is 0.333. The van der Waals surface area contributed by atoms with Crippen LogP contribution in [0.15, 0.2) is 40.2 Å². The molecule has 0 radical (unpaired) electrons. The van der Waals surface area contributed by atoms with Gasteiger partial charge in [-0.3, -0.25) is 0 Å². The van der Waals surface area contributed by atoms with Crippen LogP contribution in [0.25, 0.3) is 0 Å². The molecule has 2 nitrogen and oxygen atoms in total. The molecule has 1 heterocycles. The highest BCUT2D eigenvalue weighted by molar-refractivity contribution is 9.11. The Labute approximate surface area is 126 Å². The van der Waals surface area contributed by atoms with E-state index in [1.165, 1.54) is 4.88 Å². The lowest BCUT2D eigenvalue weighted by Gasteiger charge is -2.15. The normalized spacial score (nSPS) is 12.4. The van der Waals surface area contributed by atoms with Gasteiger partial charge in [0.2, 0.25) is 0 Å². The quantitative estimate of drug-likeness (QED) is 0.863. The van der Waals surface area contributed by atoms with Crippen molar-refractivity contribution in [2.24, 2.45) is 5.92 Å². The van der Waals surface area contributed by atoms with E-state index in [9.17, 15) is 5.11 Å². The standard InChI is InChI=1S/C15H17BrO2S/c1-18-14-5-3-2-4-12(14)8-11(10-17)9-13-6-7-15(16)19-13/h2-7,11,17H,8-10H2,1H3. The summed E-state index contributed by atoms with van der Waals surface area (Å²) in [6.07, 6.45) is 1.72. The second kappa shape index (κ2) is 7.08. The molecule has 0 spiro atoms. The van der Waals surface area contributed by atoms with Gasteiger partial charge in [-0.15, -0.1) is 11.3 Å². The molecule has 0 saturated carbocycles. The molecule has 4 heteroatoms. The molecule has 1 aromatic heterocycles. The topological polar surface area (TPSA) is 29.5 Å². The molecule has 0 aliphatic heterocycles. The van der Waals surface area contributed by atoms with Crippen molar-refractivity contribution in [1.82, 2.24) is 0 Å². The van der Waals surface area contributed by atoms with Crippen LogP contribution in [0.1, 0.15) is 10.4 Å². The smallest absolute Gasteiger partial charge is 0.122 e. The zero-order chi connectivity index (χ0) is 13.7. The fourth-order valence-electron chi connectivity index (χ4n) is 2.13. The van der Waals surface area contributed by atoms with Crippen molar-refractivity contribution in [3.63, 3.8) is 0 Å². The van der Waals surface area contributed by atoms with Gasteiger partial charge < -0.3 is 9.84 Å². The summed E-state index contributed by atoms with van der Waals surface area (Å²) in [6.45, 7) is 0.188. The molecule has 0 bridgehead atoms. The average molecular weight is 341 g/mol. The number of halogens is 1. The molecule has 1 atom stereocenters. The van der Waals surface area contributed by atoms with E-state index >= 15 is 0 Å². The van der Waals surface area contributed by atoms with E-state index in [0.29, 0.717) is 0 Å². The third-order valence-electron chi connectivity index (χ3n) is 3.08. The van der Waals surface area contributed by atoms with Gasteiger partial charge in [0, 0.05) is 11.5 Å². The molecule has 1 unspecified atom stereocenters. The maximum atomic E-state index is 9.57. The number of thiophene rings is 1.